The van der Waals surface area contributed by atoms with Gasteiger partial charge in [0, 0.05) is 38.0 Å². The first-order valence-corrected chi connectivity index (χ1v) is 10.0. The number of rotatable bonds is 7. The van der Waals surface area contributed by atoms with Gasteiger partial charge < -0.3 is 20.6 Å². The molecule has 1 atom stereocenters. The summed E-state index contributed by atoms with van der Waals surface area (Å²) in [5.41, 5.74) is 1.11. The quantitative estimate of drug-likeness (QED) is 0.502. The maximum Gasteiger partial charge on any atom is 0.225 e. The third kappa shape index (κ3) is 7.21. The molecule has 0 spiro atoms. The number of carbonyl (C=O) groups is 1. The van der Waals surface area contributed by atoms with Crippen LogP contribution in [0.5, 0.6) is 0 Å². The molecule has 1 aliphatic rings. The second kappa shape index (κ2) is 10.9. The molecule has 0 radical (unpaired) electrons. The van der Waals surface area contributed by atoms with Crippen molar-refractivity contribution in [2.45, 2.75) is 52.2 Å². The second-order valence-electron chi connectivity index (χ2n) is 7.46. The van der Waals surface area contributed by atoms with E-state index in [2.05, 4.69) is 15.6 Å². The molecule has 0 aliphatic carbocycles. The topological polar surface area (TPSA) is 77.0 Å². The molecule has 0 bridgehead atoms. The van der Waals surface area contributed by atoms with Gasteiger partial charge in [0.05, 0.1) is 12.6 Å². The Morgan fingerprint density at radius 3 is 2.52 bits per heavy atom. The van der Waals surface area contributed by atoms with E-state index < -0.39 is 6.10 Å². The van der Waals surface area contributed by atoms with Crippen LogP contribution >= 0.6 is 0 Å². The van der Waals surface area contributed by atoms with Gasteiger partial charge in [-0.15, -0.1) is 0 Å². The Balaban J connectivity index is 1.82. The number of hydrogen-bond acceptors (Lipinski definition) is 3. The molecule has 1 aromatic carbocycles. The highest BCUT2D eigenvalue weighted by atomic mass is 16.3. The normalized spacial score (nSPS) is 17.1. The van der Waals surface area contributed by atoms with E-state index in [0.717, 1.165) is 44.0 Å². The fourth-order valence-electron chi connectivity index (χ4n) is 3.27. The van der Waals surface area contributed by atoms with Crippen LogP contribution in [0, 0.1) is 5.92 Å². The van der Waals surface area contributed by atoms with E-state index in [0.29, 0.717) is 19.0 Å². The van der Waals surface area contributed by atoms with Crippen molar-refractivity contribution < 1.29 is 9.90 Å². The first-order valence-electron chi connectivity index (χ1n) is 10.0. The Kier molecular flexibility index (Phi) is 8.58. The highest BCUT2D eigenvalue weighted by Gasteiger charge is 2.24. The summed E-state index contributed by atoms with van der Waals surface area (Å²) in [5.74, 6) is 1.02. The maximum absolute atomic E-state index is 12.1. The van der Waals surface area contributed by atoms with Crippen molar-refractivity contribution >= 4 is 11.9 Å². The summed E-state index contributed by atoms with van der Waals surface area (Å²) in [7, 11) is 0. The Hall–Kier alpha value is -2.08. The number of nitrogens with zero attached hydrogens (tertiary/aromatic N) is 2. The highest BCUT2D eigenvalue weighted by Crippen LogP contribution is 2.13. The Bertz CT molecular complexity index is 595. The molecule has 1 fully saturated rings. The van der Waals surface area contributed by atoms with E-state index >= 15 is 0 Å². The van der Waals surface area contributed by atoms with E-state index in [-0.39, 0.29) is 11.8 Å². The molecule has 1 heterocycles. The van der Waals surface area contributed by atoms with Gasteiger partial charge in [-0.25, -0.2) is 0 Å². The van der Waals surface area contributed by atoms with Crippen LogP contribution in [0.3, 0.4) is 0 Å². The van der Waals surface area contributed by atoms with Crippen LogP contribution in [-0.2, 0) is 11.2 Å². The van der Waals surface area contributed by atoms with Gasteiger partial charge in [0.1, 0.15) is 0 Å². The molecule has 0 saturated carbocycles. The van der Waals surface area contributed by atoms with Gasteiger partial charge in [0.25, 0.3) is 0 Å². The number of carbonyl (C=O) groups excluding carboxylic acids is 1. The zero-order valence-electron chi connectivity index (χ0n) is 16.8. The number of hydrogen-bond donors (Lipinski definition) is 3. The predicted molar refractivity (Wildman–Crippen MR) is 110 cm³/mol. The summed E-state index contributed by atoms with van der Waals surface area (Å²) < 4.78 is 0. The number of piperidine rings is 1. The predicted octanol–water partition coefficient (Wildman–Crippen LogP) is 1.79. The summed E-state index contributed by atoms with van der Waals surface area (Å²) in [5, 5.41) is 17.0. The van der Waals surface area contributed by atoms with Crippen molar-refractivity contribution in [1.29, 1.82) is 0 Å². The minimum Gasteiger partial charge on any atom is -0.391 e. The smallest absolute Gasteiger partial charge is 0.225 e. The van der Waals surface area contributed by atoms with Crippen LogP contribution in [0.15, 0.2) is 35.3 Å². The molecule has 3 N–H and O–H groups in total. The molecule has 2 rings (SSSR count). The number of aliphatic hydroxyl groups is 1. The second-order valence-corrected chi connectivity index (χ2v) is 7.46. The fraction of sp³-hybridized carbons (Fsp3) is 0.619. The molecule has 0 aromatic heterocycles. The Labute approximate surface area is 163 Å². The standard InChI is InChI=1S/C21H34N4O2/c1-4-22-21(23-15-19(26)14-17-8-6-5-7-9-17)24-18-10-12-25(13-11-18)20(27)16(2)3/h5-9,16,18-19,26H,4,10-15H2,1-3H3,(H2,22,23,24). The van der Waals surface area contributed by atoms with Crippen LogP contribution in [0.1, 0.15) is 39.2 Å². The first-order chi connectivity index (χ1) is 13.0. The van der Waals surface area contributed by atoms with Gasteiger partial charge >= 0.3 is 0 Å². The SMILES string of the molecule is CCNC(=NCC(O)Cc1ccccc1)NC1CCN(C(=O)C(C)C)CC1. The van der Waals surface area contributed by atoms with E-state index in [1.807, 2.05) is 56.0 Å². The van der Waals surface area contributed by atoms with Crippen molar-refractivity contribution in [2.24, 2.45) is 10.9 Å². The molecule has 1 unspecified atom stereocenters. The average molecular weight is 375 g/mol. The highest BCUT2D eigenvalue weighted by molar-refractivity contribution is 5.80. The van der Waals surface area contributed by atoms with E-state index in [1.54, 1.807) is 0 Å². The molecule has 6 heteroatoms. The molecular weight excluding hydrogens is 340 g/mol. The van der Waals surface area contributed by atoms with Crippen LogP contribution in [-0.4, -0.2) is 60.2 Å². The largest absolute Gasteiger partial charge is 0.391 e. The lowest BCUT2D eigenvalue weighted by Crippen LogP contribution is -2.50. The van der Waals surface area contributed by atoms with Crippen LogP contribution < -0.4 is 10.6 Å². The van der Waals surface area contributed by atoms with Gasteiger partial charge in [-0.05, 0) is 25.3 Å². The summed E-state index contributed by atoms with van der Waals surface area (Å²) in [6, 6.07) is 10.3. The van der Waals surface area contributed by atoms with Crippen molar-refractivity contribution in [2.75, 3.05) is 26.2 Å². The van der Waals surface area contributed by atoms with Gasteiger partial charge in [-0.2, -0.15) is 0 Å². The van der Waals surface area contributed by atoms with E-state index in [4.69, 9.17) is 0 Å². The van der Waals surface area contributed by atoms with Gasteiger partial charge in [-0.1, -0.05) is 44.2 Å². The zero-order valence-corrected chi connectivity index (χ0v) is 16.8. The lowest BCUT2D eigenvalue weighted by Gasteiger charge is -2.34. The number of aliphatic imine (C=N–C) groups is 1. The number of amides is 1. The summed E-state index contributed by atoms with van der Waals surface area (Å²) in [4.78, 5) is 18.6. The molecule has 150 valence electrons. The van der Waals surface area contributed by atoms with E-state index in [1.165, 1.54) is 0 Å². The Morgan fingerprint density at radius 2 is 1.93 bits per heavy atom. The van der Waals surface area contributed by atoms with Crippen molar-refractivity contribution in [3.63, 3.8) is 0 Å². The van der Waals surface area contributed by atoms with E-state index in [9.17, 15) is 9.90 Å². The summed E-state index contributed by atoms with van der Waals surface area (Å²) >= 11 is 0. The fourth-order valence-corrected chi connectivity index (χ4v) is 3.27. The monoisotopic (exact) mass is 374 g/mol. The summed E-state index contributed by atoms with van der Waals surface area (Å²) in [6.07, 6.45) is 1.91. The lowest BCUT2D eigenvalue weighted by molar-refractivity contribution is -0.135. The molecule has 6 nitrogen and oxygen atoms in total. The van der Waals surface area contributed by atoms with Crippen LogP contribution in [0.25, 0.3) is 0 Å². The van der Waals surface area contributed by atoms with Crippen molar-refractivity contribution in [3.8, 4) is 0 Å². The molecule has 27 heavy (non-hydrogen) atoms. The maximum atomic E-state index is 12.1. The first kappa shape index (κ1) is 21.2. The Morgan fingerprint density at radius 1 is 1.26 bits per heavy atom. The van der Waals surface area contributed by atoms with Crippen LogP contribution in [0.4, 0.5) is 0 Å². The number of aliphatic hydroxyl groups excluding tert-OH is 1. The molecule has 1 aliphatic heterocycles. The molecule has 1 aromatic rings. The minimum absolute atomic E-state index is 0.0551. The summed E-state index contributed by atoms with van der Waals surface area (Å²) in [6.45, 7) is 8.61. The number of likely N-dealkylation sites (tertiary alicyclic amines) is 1. The number of nitrogens with one attached hydrogen (secondary N) is 2. The van der Waals surface area contributed by atoms with Crippen LogP contribution in [0.2, 0.25) is 0 Å². The molecule has 1 amide bonds. The van der Waals surface area contributed by atoms with Crippen molar-refractivity contribution in [3.05, 3.63) is 35.9 Å². The molecule has 1 saturated heterocycles. The van der Waals surface area contributed by atoms with Crippen molar-refractivity contribution in [1.82, 2.24) is 15.5 Å². The lowest BCUT2D eigenvalue weighted by atomic mass is 10.0. The van der Waals surface area contributed by atoms with Gasteiger partial charge in [0.2, 0.25) is 5.91 Å². The minimum atomic E-state index is -0.506. The molecular formula is C21H34N4O2. The van der Waals surface area contributed by atoms with Gasteiger partial charge in [-0.3, -0.25) is 9.79 Å². The number of benzene rings is 1. The van der Waals surface area contributed by atoms with Gasteiger partial charge in [0.15, 0.2) is 5.96 Å². The third-order valence-corrected chi connectivity index (χ3v) is 4.76. The average Bonchev–Trinajstić information content (AvgIpc) is 2.67. The number of guanidine groups is 1. The third-order valence-electron chi connectivity index (χ3n) is 4.76. The zero-order chi connectivity index (χ0) is 19.6.